The highest BCUT2D eigenvalue weighted by Crippen LogP contribution is 2.32. The van der Waals surface area contributed by atoms with Crippen molar-refractivity contribution >= 4 is 0 Å². The number of aliphatic hydroxyl groups is 1. The Morgan fingerprint density at radius 3 is 2.58 bits per heavy atom. The van der Waals surface area contributed by atoms with Gasteiger partial charge in [-0.3, -0.25) is 0 Å². The van der Waals surface area contributed by atoms with Crippen LogP contribution in [0.3, 0.4) is 0 Å². The molecular formula is C16H32N2O. The number of hydrogen-bond acceptors (Lipinski definition) is 3. The van der Waals surface area contributed by atoms with Crippen LogP contribution < -0.4 is 5.32 Å². The maximum atomic E-state index is 11.0. The lowest BCUT2D eigenvalue weighted by molar-refractivity contribution is -0.0626. The van der Waals surface area contributed by atoms with Gasteiger partial charge in [-0.25, -0.2) is 0 Å². The monoisotopic (exact) mass is 268 g/mol. The standard InChI is InChI=1S/C16H32N2O/c1-4-14-5-8-17-15(11-14)16(19)6-9-18(10-7-16)12-13(2)3/h13-15,17,19H,4-12H2,1-3H3. The van der Waals surface area contributed by atoms with Gasteiger partial charge in [0.25, 0.3) is 0 Å². The maximum absolute atomic E-state index is 11.0. The summed E-state index contributed by atoms with van der Waals surface area (Å²) >= 11 is 0. The molecule has 2 rings (SSSR count). The average Bonchev–Trinajstić information content (AvgIpc) is 2.41. The molecule has 0 aromatic heterocycles. The molecule has 0 aromatic carbocycles. The summed E-state index contributed by atoms with van der Waals surface area (Å²) in [6, 6.07) is 0.326. The summed E-state index contributed by atoms with van der Waals surface area (Å²) < 4.78 is 0. The summed E-state index contributed by atoms with van der Waals surface area (Å²) in [4.78, 5) is 2.51. The van der Waals surface area contributed by atoms with Crippen LogP contribution in [0.25, 0.3) is 0 Å². The smallest absolute Gasteiger partial charge is 0.0824 e. The van der Waals surface area contributed by atoms with E-state index in [0.717, 1.165) is 50.7 Å². The van der Waals surface area contributed by atoms with Crippen LogP contribution in [0.5, 0.6) is 0 Å². The first kappa shape index (κ1) is 15.3. The van der Waals surface area contributed by atoms with Crippen LogP contribution in [0.4, 0.5) is 0 Å². The number of piperidine rings is 2. The Kier molecular flexibility index (Phi) is 5.27. The largest absolute Gasteiger partial charge is 0.388 e. The predicted octanol–water partition coefficient (Wildman–Crippen LogP) is 2.25. The number of nitrogens with one attached hydrogen (secondary N) is 1. The third-order valence-electron chi connectivity index (χ3n) is 5.08. The minimum absolute atomic E-state index is 0.326. The van der Waals surface area contributed by atoms with Crippen LogP contribution in [0, 0.1) is 11.8 Å². The third-order valence-corrected chi connectivity index (χ3v) is 5.08. The van der Waals surface area contributed by atoms with E-state index in [2.05, 4.69) is 31.0 Å². The van der Waals surface area contributed by atoms with E-state index in [9.17, 15) is 5.11 Å². The van der Waals surface area contributed by atoms with E-state index in [1.807, 2.05) is 0 Å². The molecule has 19 heavy (non-hydrogen) atoms. The SMILES string of the molecule is CCC1CCNC(C2(O)CCN(CC(C)C)CC2)C1. The molecule has 2 unspecified atom stereocenters. The van der Waals surface area contributed by atoms with Gasteiger partial charge in [0.1, 0.15) is 0 Å². The summed E-state index contributed by atoms with van der Waals surface area (Å²) in [5, 5.41) is 14.6. The van der Waals surface area contributed by atoms with Crippen LogP contribution in [0.1, 0.15) is 52.9 Å². The van der Waals surface area contributed by atoms with Crippen LogP contribution in [0.2, 0.25) is 0 Å². The van der Waals surface area contributed by atoms with Gasteiger partial charge in [-0.2, -0.15) is 0 Å². The van der Waals surface area contributed by atoms with Gasteiger partial charge in [0.15, 0.2) is 0 Å². The molecule has 0 aromatic rings. The van der Waals surface area contributed by atoms with Crippen molar-refractivity contribution in [2.45, 2.75) is 64.5 Å². The lowest BCUT2D eigenvalue weighted by Gasteiger charge is -2.46. The van der Waals surface area contributed by atoms with Crippen molar-refractivity contribution < 1.29 is 5.11 Å². The van der Waals surface area contributed by atoms with E-state index in [4.69, 9.17) is 0 Å². The fraction of sp³-hybridized carbons (Fsp3) is 1.00. The number of rotatable bonds is 4. The first-order valence-electron chi connectivity index (χ1n) is 8.21. The quantitative estimate of drug-likeness (QED) is 0.821. The maximum Gasteiger partial charge on any atom is 0.0824 e. The number of hydrogen-bond donors (Lipinski definition) is 2. The topological polar surface area (TPSA) is 35.5 Å². The molecule has 0 amide bonds. The summed E-state index contributed by atoms with van der Waals surface area (Å²) in [7, 11) is 0. The molecule has 0 radical (unpaired) electrons. The Morgan fingerprint density at radius 1 is 1.32 bits per heavy atom. The summed E-state index contributed by atoms with van der Waals surface area (Å²) in [6.45, 7) is 11.2. The van der Waals surface area contributed by atoms with Crippen molar-refractivity contribution in [2.24, 2.45) is 11.8 Å². The second-order valence-electron chi connectivity index (χ2n) is 7.10. The fourth-order valence-corrected chi connectivity index (χ4v) is 3.76. The van der Waals surface area contributed by atoms with E-state index >= 15 is 0 Å². The molecule has 2 aliphatic heterocycles. The Hall–Kier alpha value is -0.120. The van der Waals surface area contributed by atoms with Crippen LogP contribution in [0.15, 0.2) is 0 Å². The van der Waals surface area contributed by atoms with Crippen molar-refractivity contribution in [3.63, 3.8) is 0 Å². The average molecular weight is 268 g/mol. The molecule has 0 bridgehead atoms. The van der Waals surface area contributed by atoms with E-state index in [-0.39, 0.29) is 0 Å². The molecule has 3 heteroatoms. The minimum Gasteiger partial charge on any atom is -0.388 e. The van der Waals surface area contributed by atoms with Gasteiger partial charge in [0, 0.05) is 25.7 Å². The molecule has 0 spiro atoms. The van der Waals surface area contributed by atoms with Crippen molar-refractivity contribution in [3.8, 4) is 0 Å². The van der Waals surface area contributed by atoms with E-state index in [1.54, 1.807) is 0 Å². The van der Waals surface area contributed by atoms with Crippen LogP contribution in [-0.4, -0.2) is 47.8 Å². The van der Waals surface area contributed by atoms with Gasteiger partial charge >= 0.3 is 0 Å². The van der Waals surface area contributed by atoms with Gasteiger partial charge in [-0.15, -0.1) is 0 Å². The van der Waals surface area contributed by atoms with Crippen molar-refractivity contribution in [1.82, 2.24) is 10.2 Å². The summed E-state index contributed by atoms with van der Waals surface area (Å²) in [5.41, 5.74) is -0.457. The zero-order chi connectivity index (χ0) is 13.9. The van der Waals surface area contributed by atoms with Crippen molar-refractivity contribution in [3.05, 3.63) is 0 Å². The van der Waals surface area contributed by atoms with E-state index in [1.165, 1.54) is 19.4 Å². The Labute approximate surface area is 118 Å². The minimum atomic E-state index is -0.457. The third kappa shape index (κ3) is 3.93. The molecule has 3 nitrogen and oxygen atoms in total. The van der Waals surface area contributed by atoms with Gasteiger partial charge in [-0.05, 0) is 44.1 Å². The first-order chi connectivity index (χ1) is 9.03. The van der Waals surface area contributed by atoms with Gasteiger partial charge in [-0.1, -0.05) is 27.2 Å². The van der Waals surface area contributed by atoms with Crippen LogP contribution >= 0.6 is 0 Å². The zero-order valence-electron chi connectivity index (χ0n) is 13.0. The number of nitrogens with zero attached hydrogens (tertiary/aromatic N) is 1. The van der Waals surface area contributed by atoms with Gasteiger partial charge in [0.05, 0.1) is 5.60 Å². The zero-order valence-corrected chi connectivity index (χ0v) is 13.0. The molecule has 0 aliphatic carbocycles. The van der Waals surface area contributed by atoms with E-state index < -0.39 is 5.60 Å². The molecule has 2 atom stereocenters. The first-order valence-corrected chi connectivity index (χ1v) is 8.21. The molecular weight excluding hydrogens is 236 g/mol. The molecule has 2 aliphatic rings. The lowest BCUT2D eigenvalue weighted by atomic mass is 9.77. The second-order valence-corrected chi connectivity index (χ2v) is 7.10. The fourth-order valence-electron chi connectivity index (χ4n) is 3.76. The molecule has 0 saturated carbocycles. The highest BCUT2D eigenvalue weighted by Gasteiger charge is 2.41. The Morgan fingerprint density at radius 2 is 2.00 bits per heavy atom. The summed E-state index contributed by atoms with van der Waals surface area (Å²) in [6.07, 6.45) is 5.58. The molecule has 2 heterocycles. The molecule has 2 N–H and O–H groups in total. The Bertz CT molecular complexity index is 272. The summed E-state index contributed by atoms with van der Waals surface area (Å²) in [5.74, 6) is 1.53. The lowest BCUT2D eigenvalue weighted by Crippen LogP contribution is -2.59. The van der Waals surface area contributed by atoms with E-state index in [0.29, 0.717) is 6.04 Å². The second kappa shape index (κ2) is 6.55. The highest BCUT2D eigenvalue weighted by atomic mass is 16.3. The van der Waals surface area contributed by atoms with Gasteiger partial charge in [0.2, 0.25) is 0 Å². The normalized spacial score (nSPS) is 32.7. The molecule has 2 saturated heterocycles. The molecule has 2 fully saturated rings. The Balaban J connectivity index is 1.86. The van der Waals surface area contributed by atoms with Gasteiger partial charge < -0.3 is 15.3 Å². The van der Waals surface area contributed by atoms with Crippen LogP contribution in [-0.2, 0) is 0 Å². The predicted molar refractivity (Wildman–Crippen MR) is 80.3 cm³/mol. The molecule has 112 valence electrons. The number of likely N-dealkylation sites (tertiary alicyclic amines) is 1. The highest BCUT2D eigenvalue weighted by molar-refractivity contribution is 4.98. The van der Waals surface area contributed by atoms with Crippen molar-refractivity contribution in [1.29, 1.82) is 0 Å². The van der Waals surface area contributed by atoms with Crippen molar-refractivity contribution in [2.75, 3.05) is 26.2 Å².